The number of methoxy groups -OCH3 is 1. The fraction of sp³-hybridized carbons (Fsp3) is 0.520. The molecule has 4 rings (SSSR count). The summed E-state index contributed by atoms with van der Waals surface area (Å²) < 4.78 is 5.46. The molecular weight excluding hydrogens is 432 g/mol. The fourth-order valence-electron chi connectivity index (χ4n) is 5.00. The van der Waals surface area contributed by atoms with E-state index in [4.69, 9.17) is 4.74 Å². The predicted octanol–water partition coefficient (Wildman–Crippen LogP) is 3.87. The lowest BCUT2D eigenvalue weighted by Gasteiger charge is -2.35. The van der Waals surface area contributed by atoms with E-state index in [1.807, 2.05) is 6.92 Å². The lowest BCUT2D eigenvalue weighted by molar-refractivity contribution is 0.0885. The number of carbonyl (C=O) groups excluding carboxylic acids is 2. The second kappa shape index (κ2) is 10.8. The molecule has 182 valence electrons. The molecule has 1 saturated heterocycles. The van der Waals surface area contributed by atoms with Crippen LogP contribution in [0.3, 0.4) is 0 Å². The Morgan fingerprint density at radius 2 is 1.97 bits per heavy atom. The topological polar surface area (TPSA) is 117 Å². The van der Waals surface area contributed by atoms with E-state index in [0.717, 1.165) is 31.6 Å². The Balaban J connectivity index is 1.41. The average Bonchev–Trinajstić information content (AvgIpc) is 3.29. The van der Waals surface area contributed by atoms with Crippen molar-refractivity contribution in [1.82, 2.24) is 20.6 Å². The number of rotatable bonds is 7. The first-order valence-electron chi connectivity index (χ1n) is 12.0. The highest BCUT2D eigenvalue weighted by molar-refractivity contribution is 6.01. The van der Waals surface area contributed by atoms with E-state index in [1.54, 1.807) is 24.4 Å². The van der Waals surface area contributed by atoms with E-state index in [9.17, 15) is 9.59 Å². The van der Waals surface area contributed by atoms with Gasteiger partial charge in [-0.1, -0.05) is 32.1 Å². The van der Waals surface area contributed by atoms with Crippen LogP contribution in [0.4, 0.5) is 16.3 Å². The SMILES string of the molecule is COc1cc(C(=O)N[C@]2(CC3CCCCC3)CCNC2)ccc1NC(=O)Nc1cnc(C)cn1. The maximum absolute atomic E-state index is 13.2. The zero-order valence-electron chi connectivity index (χ0n) is 19.9. The van der Waals surface area contributed by atoms with Gasteiger partial charge in [-0.15, -0.1) is 0 Å². The zero-order chi connectivity index (χ0) is 24.0. The van der Waals surface area contributed by atoms with Crippen LogP contribution in [0.5, 0.6) is 5.75 Å². The van der Waals surface area contributed by atoms with Gasteiger partial charge in [-0.25, -0.2) is 9.78 Å². The van der Waals surface area contributed by atoms with E-state index in [1.165, 1.54) is 45.4 Å². The van der Waals surface area contributed by atoms with Crippen LogP contribution in [0.1, 0.15) is 61.0 Å². The molecule has 9 nitrogen and oxygen atoms in total. The Morgan fingerprint density at radius 3 is 2.65 bits per heavy atom. The molecule has 34 heavy (non-hydrogen) atoms. The quantitative estimate of drug-likeness (QED) is 0.492. The lowest BCUT2D eigenvalue weighted by atomic mass is 9.78. The van der Waals surface area contributed by atoms with Crippen LogP contribution in [0.2, 0.25) is 0 Å². The third kappa shape index (κ3) is 6.02. The highest BCUT2D eigenvalue weighted by atomic mass is 16.5. The predicted molar refractivity (Wildman–Crippen MR) is 131 cm³/mol. The van der Waals surface area contributed by atoms with Gasteiger partial charge < -0.3 is 20.7 Å². The highest BCUT2D eigenvalue weighted by Crippen LogP contribution is 2.34. The smallest absolute Gasteiger partial charge is 0.324 e. The number of anilines is 2. The molecule has 1 atom stereocenters. The largest absolute Gasteiger partial charge is 0.495 e. The number of urea groups is 1. The van der Waals surface area contributed by atoms with Crippen LogP contribution in [-0.2, 0) is 0 Å². The van der Waals surface area contributed by atoms with Crippen LogP contribution >= 0.6 is 0 Å². The normalized spacial score (nSPS) is 20.5. The number of nitrogens with one attached hydrogen (secondary N) is 4. The summed E-state index contributed by atoms with van der Waals surface area (Å²) in [4.78, 5) is 33.8. The minimum Gasteiger partial charge on any atom is -0.495 e. The van der Waals surface area contributed by atoms with Crippen molar-refractivity contribution >= 4 is 23.4 Å². The molecule has 3 amide bonds. The molecule has 0 radical (unpaired) electrons. The number of nitrogens with zero attached hydrogens (tertiary/aromatic N) is 2. The molecular formula is C25H34N6O3. The Bertz CT molecular complexity index is 998. The molecule has 1 aromatic carbocycles. The molecule has 2 fully saturated rings. The first kappa shape index (κ1) is 23.9. The molecule has 0 unspecified atom stereocenters. The molecule has 9 heteroatoms. The number of carbonyl (C=O) groups is 2. The van der Waals surface area contributed by atoms with Gasteiger partial charge in [-0.05, 0) is 50.4 Å². The number of aromatic nitrogens is 2. The molecule has 0 spiro atoms. The first-order valence-corrected chi connectivity index (χ1v) is 12.0. The Morgan fingerprint density at radius 1 is 1.15 bits per heavy atom. The maximum atomic E-state index is 13.2. The van der Waals surface area contributed by atoms with E-state index < -0.39 is 6.03 Å². The third-order valence-electron chi connectivity index (χ3n) is 6.76. The van der Waals surface area contributed by atoms with Crippen molar-refractivity contribution in [1.29, 1.82) is 0 Å². The van der Waals surface area contributed by atoms with Gasteiger partial charge >= 0.3 is 6.03 Å². The standard InChI is InChI=1S/C25H34N6O3/c1-17-14-28-22(15-27-17)30-24(33)29-20-9-8-19(12-21(20)34-2)23(32)31-25(10-11-26-16-25)13-18-6-4-3-5-7-18/h8-9,12,14-15,18,26H,3-7,10-11,13,16H2,1-2H3,(H,31,32)(H2,28,29,30,33)/t25-/m0/s1. The van der Waals surface area contributed by atoms with Gasteiger partial charge in [0.25, 0.3) is 5.91 Å². The Kier molecular flexibility index (Phi) is 7.62. The van der Waals surface area contributed by atoms with E-state index >= 15 is 0 Å². The minimum atomic E-state index is -0.475. The average molecular weight is 467 g/mol. The zero-order valence-corrected chi connectivity index (χ0v) is 19.9. The molecule has 2 heterocycles. The van der Waals surface area contributed by atoms with Gasteiger partial charge in [0, 0.05) is 12.1 Å². The van der Waals surface area contributed by atoms with Crippen molar-refractivity contribution in [3.05, 3.63) is 41.9 Å². The van der Waals surface area contributed by atoms with Gasteiger partial charge in [-0.2, -0.15) is 0 Å². The summed E-state index contributed by atoms with van der Waals surface area (Å²) in [6.07, 6.45) is 11.4. The summed E-state index contributed by atoms with van der Waals surface area (Å²) in [5, 5.41) is 12.1. The van der Waals surface area contributed by atoms with Crippen molar-refractivity contribution in [3.63, 3.8) is 0 Å². The molecule has 2 aliphatic rings. The van der Waals surface area contributed by atoms with Gasteiger partial charge in [0.15, 0.2) is 5.82 Å². The van der Waals surface area contributed by atoms with Crippen LogP contribution in [0, 0.1) is 12.8 Å². The van der Waals surface area contributed by atoms with Crippen molar-refractivity contribution in [2.45, 2.75) is 57.4 Å². The van der Waals surface area contributed by atoms with Crippen molar-refractivity contribution in [2.24, 2.45) is 5.92 Å². The number of aryl methyl sites for hydroxylation is 1. The number of hydrogen-bond donors (Lipinski definition) is 4. The van der Waals surface area contributed by atoms with E-state index in [2.05, 4.69) is 31.2 Å². The summed E-state index contributed by atoms with van der Waals surface area (Å²) >= 11 is 0. The summed E-state index contributed by atoms with van der Waals surface area (Å²) in [6.45, 7) is 3.54. The maximum Gasteiger partial charge on any atom is 0.324 e. The third-order valence-corrected chi connectivity index (χ3v) is 6.76. The summed E-state index contributed by atoms with van der Waals surface area (Å²) in [6, 6.07) is 4.56. The number of hydrogen-bond acceptors (Lipinski definition) is 6. The van der Waals surface area contributed by atoms with E-state index in [-0.39, 0.29) is 11.4 Å². The van der Waals surface area contributed by atoms with Crippen molar-refractivity contribution in [3.8, 4) is 5.75 Å². The van der Waals surface area contributed by atoms with Crippen LogP contribution in [0.15, 0.2) is 30.6 Å². The monoisotopic (exact) mass is 466 g/mol. The Labute approximate surface area is 200 Å². The number of benzene rings is 1. The number of amides is 3. The molecule has 1 aromatic heterocycles. The van der Waals surface area contributed by atoms with Crippen molar-refractivity contribution < 1.29 is 14.3 Å². The molecule has 4 N–H and O–H groups in total. The molecule has 2 aromatic rings. The molecule has 1 saturated carbocycles. The highest BCUT2D eigenvalue weighted by Gasteiger charge is 2.38. The lowest BCUT2D eigenvalue weighted by Crippen LogP contribution is -2.51. The Hall–Kier alpha value is -3.20. The van der Waals surface area contributed by atoms with Crippen molar-refractivity contribution in [2.75, 3.05) is 30.8 Å². The van der Waals surface area contributed by atoms with E-state index in [0.29, 0.717) is 28.7 Å². The second-order valence-electron chi connectivity index (χ2n) is 9.41. The van der Waals surface area contributed by atoms with Crippen LogP contribution in [-0.4, -0.2) is 47.6 Å². The summed E-state index contributed by atoms with van der Waals surface area (Å²) in [7, 11) is 1.51. The van der Waals surface area contributed by atoms with Crippen LogP contribution in [0.25, 0.3) is 0 Å². The first-order chi connectivity index (χ1) is 16.5. The summed E-state index contributed by atoms with van der Waals surface area (Å²) in [5.41, 5.74) is 1.51. The second-order valence-corrected chi connectivity index (χ2v) is 9.41. The van der Waals surface area contributed by atoms with Crippen LogP contribution < -0.4 is 26.0 Å². The van der Waals surface area contributed by atoms with Gasteiger partial charge in [0.2, 0.25) is 0 Å². The van der Waals surface area contributed by atoms with Gasteiger partial charge in [-0.3, -0.25) is 15.1 Å². The van der Waals surface area contributed by atoms with Gasteiger partial charge in [0.1, 0.15) is 5.75 Å². The number of ether oxygens (including phenoxy) is 1. The van der Waals surface area contributed by atoms with Gasteiger partial charge in [0.05, 0.1) is 36.4 Å². The minimum absolute atomic E-state index is 0.122. The molecule has 0 bridgehead atoms. The fourth-order valence-corrected chi connectivity index (χ4v) is 5.00. The summed E-state index contributed by atoms with van der Waals surface area (Å²) in [5.74, 6) is 1.30. The molecule has 1 aliphatic heterocycles. The molecule has 1 aliphatic carbocycles.